The number of carbonyl (C=O) groups is 1. The molecular weight excluding hydrogens is 214 g/mol. The highest BCUT2D eigenvalue weighted by atomic mass is 16.5. The molecule has 0 radical (unpaired) electrons. The lowest BCUT2D eigenvalue weighted by molar-refractivity contribution is 0.0898. The molecule has 17 heavy (non-hydrogen) atoms. The van der Waals surface area contributed by atoms with Gasteiger partial charge >= 0.3 is 0 Å². The highest BCUT2D eigenvalue weighted by Crippen LogP contribution is 2.36. The number of benzene rings is 1. The van der Waals surface area contributed by atoms with E-state index in [-0.39, 0.29) is 11.7 Å². The van der Waals surface area contributed by atoms with Gasteiger partial charge in [-0.3, -0.25) is 4.79 Å². The molecule has 2 aliphatic heterocycles. The van der Waals surface area contributed by atoms with Gasteiger partial charge in [0.25, 0.3) is 0 Å². The number of hydrogen-bond donors (Lipinski definition) is 1. The molecule has 1 aromatic rings. The highest BCUT2D eigenvalue weighted by Gasteiger charge is 2.43. The Morgan fingerprint density at radius 3 is 2.82 bits per heavy atom. The fraction of sp³-hybridized carbons (Fsp3) is 0.500. The van der Waals surface area contributed by atoms with E-state index in [2.05, 4.69) is 5.32 Å². The van der Waals surface area contributed by atoms with Gasteiger partial charge in [0.15, 0.2) is 5.78 Å². The molecule has 2 heterocycles. The predicted molar refractivity (Wildman–Crippen MR) is 65.4 cm³/mol. The number of rotatable bonds is 3. The van der Waals surface area contributed by atoms with Gasteiger partial charge < -0.3 is 10.1 Å². The van der Waals surface area contributed by atoms with Gasteiger partial charge in [-0.15, -0.1) is 0 Å². The van der Waals surface area contributed by atoms with Crippen LogP contribution in [0.4, 0.5) is 0 Å². The van der Waals surface area contributed by atoms with Gasteiger partial charge in [-0.25, -0.2) is 0 Å². The monoisotopic (exact) mass is 231 g/mol. The van der Waals surface area contributed by atoms with Crippen molar-refractivity contribution in [3.05, 3.63) is 29.8 Å². The lowest BCUT2D eigenvalue weighted by atomic mass is 9.83. The van der Waals surface area contributed by atoms with Crippen molar-refractivity contribution >= 4 is 5.78 Å². The Morgan fingerprint density at radius 2 is 2.18 bits per heavy atom. The molecular formula is C14H17NO2. The molecule has 3 nitrogen and oxygen atoms in total. The molecule has 0 saturated carbocycles. The zero-order valence-electron chi connectivity index (χ0n) is 9.98. The Labute approximate surface area is 101 Å². The largest absolute Gasteiger partial charge is 0.496 e. The summed E-state index contributed by atoms with van der Waals surface area (Å²) in [4.78, 5) is 12.5. The van der Waals surface area contributed by atoms with E-state index in [1.54, 1.807) is 7.11 Å². The minimum atomic E-state index is 0.144. The number of ketones is 1. The number of para-hydroxylation sites is 1. The van der Waals surface area contributed by atoms with E-state index in [0.717, 1.165) is 18.4 Å². The smallest absolute Gasteiger partial charge is 0.171 e. The average molecular weight is 231 g/mol. The zero-order valence-corrected chi connectivity index (χ0v) is 9.98. The first-order valence-electron chi connectivity index (χ1n) is 6.23. The number of carbonyl (C=O) groups excluding carboxylic acids is 1. The second kappa shape index (κ2) is 4.15. The van der Waals surface area contributed by atoms with Gasteiger partial charge in [0.1, 0.15) is 5.75 Å². The van der Waals surface area contributed by atoms with Crippen LogP contribution in [-0.2, 0) is 0 Å². The third kappa shape index (κ3) is 1.75. The minimum absolute atomic E-state index is 0.144. The van der Waals surface area contributed by atoms with E-state index in [1.165, 1.54) is 6.42 Å². The lowest BCUT2D eigenvalue weighted by Crippen LogP contribution is -2.29. The normalized spacial score (nSPS) is 30.5. The van der Waals surface area contributed by atoms with Crippen LogP contribution in [0.3, 0.4) is 0 Å². The molecule has 0 spiro atoms. The average Bonchev–Trinajstić information content (AvgIpc) is 3.00. The topological polar surface area (TPSA) is 38.3 Å². The predicted octanol–water partition coefficient (Wildman–Crippen LogP) is 2.02. The molecule has 0 amide bonds. The standard InChI is InChI=1S/C14H17NO2/c1-17-13-5-3-2-4-10(13)14(16)11-8-9-6-7-12(11)15-9/h2-5,9,11-12,15H,6-8H2,1H3. The van der Waals surface area contributed by atoms with Crippen LogP contribution in [0.1, 0.15) is 29.6 Å². The van der Waals surface area contributed by atoms with Crippen molar-refractivity contribution in [2.75, 3.05) is 7.11 Å². The Bertz CT molecular complexity index is 444. The second-order valence-electron chi connectivity index (χ2n) is 4.95. The first-order valence-corrected chi connectivity index (χ1v) is 6.23. The third-order valence-corrected chi connectivity index (χ3v) is 4.01. The Balaban J connectivity index is 1.86. The van der Waals surface area contributed by atoms with Crippen LogP contribution in [0.2, 0.25) is 0 Å². The first kappa shape index (κ1) is 10.8. The summed E-state index contributed by atoms with van der Waals surface area (Å²) >= 11 is 0. The summed E-state index contributed by atoms with van der Waals surface area (Å²) in [6.07, 6.45) is 3.35. The van der Waals surface area contributed by atoms with Crippen LogP contribution in [0, 0.1) is 5.92 Å². The maximum absolute atomic E-state index is 12.5. The van der Waals surface area contributed by atoms with E-state index >= 15 is 0 Å². The zero-order chi connectivity index (χ0) is 11.8. The fourth-order valence-corrected chi connectivity index (χ4v) is 3.16. The molecule has 0 aliphatic carbocycles. The van der Waals surface area contributed by atoms with E-state index in [1.807, 2.05) is 24.3 Å². The number of nitrogens with one attached hydrogen (secondary N) is 1. The molecule has 2 bridgehead atoms. The maximum Gasteiger partial charge on any atom is 0.171 e. The third-order valence-electron chi connectivity index (χ3n) is 4.01. The summed E-state index contributed by atoms with van der Waals surface area (Å²) < 4.78 is 5.26. The molecule has 2 saturated heterocycles. The van der Waals surface area contributed by atoms with Crippen molar-refractivity contribution < 1.29 is 9.53 Å². The van der Waals surface area contributed by atoms with Crippen LogP contribution in [-0.4, -0.2) is 25.0 Å². The minimum Gasteiger partial charge on any atom is -0.496 e. The molecule has 1 N–H and O–H groups in total. The number of ether oxygens (including phenoxy) is 1. The van der Waals surface area contributed by atoms with Crippen molar-refractivity contribution in [2.45, 2.75) is 31.3 Å². The first-order chi connectivity index (χ1) is 8.29. The second-order valence-corrected chi connectivity index (χ2v) is 4.95. The number of methoxy groups -OCH3 is 1. The summed E-state index contributed by atoms with van der Waals surface area (Å²) in [5.74, 6) is 1.08. The molecule has 3 rings (SSSR count). The molecule has 3 unspecified atom stereocenters. The summed E-state index contributed by atoms with van der Waals surface area (Å²) in [6, 6.07) is 8.47. The van der Waals surface area contributed by atoms with Gasteiger partial charge in [0.2, 0.25) is 0 Å². The Hall–Kier alpha value is -1.35. The van der Waals surface area contributed by atoms with Crippen LogP contribution in [0.25, 0.3) is 0 Å². The highest BCUT2D eigenvalue weighted by molar-refractivity contribution is 6.01. The van der Waals surface area contributed by atoms with Gasteiger partial charge in [-0.2, -0.15) is 0 Å². The molecule has 1 aromatic carbocycles. The molecule has 3 atom stereocenters. The van der Waals surface area contributed by atoms with Crippen molar-refractivity contribution in [3.63, 3.8) is 0 Å². The van der Waals surface area contributed by atoms with Gasteiger partial charge in [-0.1, -0.05) is 12.1 Å². The van der Waals surface area contributed by atoms with Crippen LogP contribution in [0.15, 0.2) is 24.3 Å². The van der Waals surface area contributed by atoms with Crippen molar-refractivity contribution in [1.82, 2.24) is 5.32 Å². The fourth-order valence-electron chi connectivity index (χ4n) is 3.16. The van der Waals surface area contributed by atoms with E-state index in [0.29, 0.717) is 17.8 Å². The van der Waals surface area contributed by atoms with Gasteiger partial charge in [0, 0.05) is 18.0 Å². The van der Waals surface area contributed by atoms with Crippen LogP contribution < -0.4 is 10.1 Å². The number of hydrogen-bond acceptors (Lipinski definition) is 3. The van der Waals surface area contributed by atoms with Crippen molar-refractivity contribution in [3.8, 4) is 5.75 Å². The van der Waals surface area contributed by atoms with Crippen molar-refractivity contribution in [1.29, 1.82) is 0 Å². The van der Waals surface area contributed by atoms with Crippen LogP contribution in [0.5, 0.6) is 5.75 Å². The number of fused-ring (bicyclic) bond motifs is 2. The van der Waals surface area contributed by atoms with Crippen molar-refractivity contribution in [2.24, 2.45) is 5.92 Å². The Morgan fingerprint density at radius 1 is 1.35 bits per heavy atom. The van der Waals surface area contributed by atoms with Gasteiger partial charge in [0.05, 0.1) is 12.7 Å². The SMILES string of the molecule is COc1ccccc1C(=O)C1CC2CCC1N2. The molecule has 0 aromatic heterocycles. The maximum atomic E-state index is 12.5. The van der Waals surface area contributed by atoms with Crippen LogP contribution >= 0.6 is 0 Å². The lowest BCUT2D eigenvalue weighted by Gasteiger charge is -2.19. The summed E-state index contributed by atoms with van der Waals surface area (Å²) in [5.41, 5.74) is 0.731. The summed E-state index contributed by atoms with van der Waals surface area (Å²) in [5, 5.41) is 3.50. The van der Waals surface area contributed by atoms with E-state index in [9.17, 15) is 4.79 Å². The summed E-state index contributed by atoms with van der Waals surface area (Å²) in [6.45, 7) is 0. The van der Waals surface area contributed by atoms with E-state index < -0.39 is 0 Å². The molecule has 90 valence electrons. The summed E-state index contributed by atoms with van der Waals surface area (Å²) in [7, 11) is 1.62. The molecule has 3 heteroatoms. The molecule has 2 aliphatic rings. The number of Topliss-reactive ketones (excluding diaryl/α,β-unsaturated/α-hetero) is 1. The van der Waals surface area contributed by atoms with Gasteiger partial charge in [-0.05, 0) is 31.4 Å². The van der Waals surface area contributed by atoms with E-state index in [4.69, 9.17) is 4.74 Å². The quantitative estimate of drug-likeness (QED) is 0.809. The Kier molecular flexibility index (Phi) is 2.63. The molecule has 2 fully saturated rings.